The standard InChI is InChI=1S/C33H35F2N5O4.C8H7BrO2/c1-23-15-28(39-13-11-38(12-14-39)27-6-3-25(4-7-27)32(41)42-2)8-10-31(23)43-18-24-17-33(44-19-24,20-40-22-36-21-37-40)29-9-5-26(34)16-30(29)35;1-11-8(10)6-2-4-7(9)5-3-6/h3-10,15-16,21-22,24H,11-14,17-20H2,1-2H3;2-5H,1H3/t24-,33+;/m1./s1. The van der Waals surface area contributed by atoms with Crippen molar-refractivity contribution in [2.24, 2.45) is 5.92 Å². The van der Waals surface area contributed by atoms with Gasteiger partial charge in [-0.15, -0.1) is 0 Å². The van der Waals surface area contributed by atoms with Crippen LogP contribution in [0.2, 0.25) is 0 Å². The van der Waals surface area contributed by atoms with Crippen molar-refractivity contribution in [2.75, 3.05) is 63.4 Å². The van der Waals surface area contributed by atoms with Crippen LogP contribution < -0.4 is 14.5 Å². The van der Waals surface area contributed by atoms with Gasteiger partial charge >= 0.3 is 11.9 Å². The number of carbonyl (C=O) groups is 2. The molecule has 55 heavy (non-hydrogen) atoms. The number of benzene rings is 4. The lowest BCUT2D eigenvalue weighted by Crippen LogP contribution is -2.46. The first kappa shape index (κ1) is 39.4. The van der Waals surface area contributed by atoms with Crippen molar-refractivity contribution in [1.29, 1.82) is 0 Å². The normalized spacial score (nSPS) is 18.0. The molecule has 0 unspecified atom stereocenters. The van der Waals surface area contributed by atoms with Crippen LogP contribution in [0.5, 0.6) is 5.75 Å². The first-order chi connectivity index (χ1) is 26.6. The Balaban J connectivity index is 0.000000403. The Bertz CT molecular complexity index is 2060. The molecule has 0 aliphatic carbocycles. The maximum Gasteiger partial charge on any atom is 0.337 e. The van der Waals surface area contributed by atoms with Gasteiger partial charge in [-0.25, -0.2) is 28.0 Å². The Labute approximate surface area is 326 Å². The van der Waals surface area contributed by atoms with Crippen molar-refractivity contribution in [3.8, 4) is 5.75 Å². The highest BCUT2D eigenvalue weighted by molar-refractivity contribution is 9.10. The maximum atomic E-state index is 14.9. The number of aromatic nitrogens is 3. The molecule has 0 amide bonds. The Morgan fingerprint density at radius 2 is 1.47 bits per heavy atom. The predicted octanol–water partition coefficient (Wildman–Crippen LogP) is 7.22. The molecule has 7 rings (SSSR count). The lowest BCUT2D eigenvalue weighted by molar-refractivity contribution is -0.0206. The van der Waals surface area contributed by atoms with Gasteiger partial charge in [0.1, 0.15) is 35.6 Å². The Morgan fingerprint density at radius 3 is 2.05 bits per heavy atom. The van der Waals surface area contributed by atoms with E-state index in [0.717, 1.165) is 59.4 Å². The highest BCUT2D eigenvalue weighted by Gasteiger charge is 2.44. The molecule has 0 radical (unpaired) electrons. The lowest BCUT2D eigenvalue weighted by atomic mass is 9.87. The molecule has 2 saturated heterocycles. The molecule has 2 aliphatic rings. The Morgan fingerprint density at radius 1 is 0.855 bits per heavy atom. The van der Waals surface area contributed by atoms with E-state index in [-0.39, 0.29) is 24.4 Å². The number of anilines is 2. The molecule has 1 aromatic heterocycles. The van der Waals surface area contributed by atoms with Crippen LogP contribution in [0.4, 0.5) is 20.2 Å². The van der Waals surface area contributed by atoms with Crippen molar-refractivity contribution in [2.45, 2.75) is 25.5 Å². The number of carbonyl (C=O) groups excluding carboxylic acids is 2. The SMILES string of the molecule is COC(=O)c1ccc(Br)cc1.COC(=O)c1ccc(N2CCN(c3ccc(OC[C@@H]4CO[C@@](Cn5cncn5)(c5ccc(F)cc5F)C4)c(C)c3)CC2)cc1. The summed E-state index contributed by atoms with van der Waals surface area (Å²) in [6.45, 7) is 6.52. The fraction of sp³-hybridized carbons (Fsp3) is 0.317. The van der Waals surface area contributed by atoms with Crippen LogP contribution in [0.3, 0.4) is 0 Å². The molecule has 2 atom stereocenters. The van der Waals surface area contributed by atoms with E-state index in [9.17, 15) is 18.4 Å². The topological polar surface area (TPSA) is 108 Å². The number of hydrogen-bond acceptors (Lipinski definition) is 10. The number of ether oxygens (including phenoxy) is 4. The van der Waals surface area contributed by atoms with Crippen LogP contribution in [0.15, 0.2) is 102 Å². The van der Waals surface area contributed by atoms with Crippen LogP contribution in [-0.4, -0.2) is 80.3 Å². The first-order valence-electron chi connectivity index (χ1n) is 17.7. The highest BCUT2D eigenvalue weighted by atomic mass is 79.9. The average molecular weight is 819 g/mol. The molecule has 288 valence electrons. The fourth-order valence-corrected chi connectivity index (χ4v) is 7.10. The molecule has 2 aliphatic heterocycles. The van der Waals surface area contributed by atoms with Crippen LogP contribution >= 0.6 is 15.9 Å². The second-order valence-corrected chi connectivity index (χ2v) is 14.3. The van der Waals surface area contributed by atoms with Crippen molar-refractivity contribution in [3.05, 3.63) is 136 Å². The molecule has 0 spiro atoms. The minimum atomic E-state index is -1.01. The summed E-state index contributed by atoms with van der Waals surface area (Å²) in [5.74, 6) is -1.13. The third-order valence-corrected chi connectivity index (χ3v) is 10.2. The van der Waals surface area contributed by atoms with Gasteiger partial charge in [0.15, 0.2) is 0 Å². The summed E-state index contributed by atoms with van der Waals surface area (Å²) in [5, 5.41) is 4.18. The zero-order chi connectivity index (χ0) is 39.0. The molecular weight excluding hydrogens is 776 g/mol. The molecule has 2 fully saturated rings. The van der Waals surface area contributed by atoms with Gasteiger partial charge in [0.05, 0.1) is 45.1 Å². The van der Waals surface area contributed by atoms with Gasteiger partial charge < -0.3 is 28.7 Å². The smallest absolute Gasteiger partial charge is 0.337 e. The van der Waals surface area contributed by atoms with Gasteiger partial charge in [0, 0.05) is 59.6 Å². The molecule has 4 aromatic carbocycles. The molecular formula is C41H42BrF2N5O6. The molecule has 0 bridgehead atoms. The average Bonchev–Trinajstić information content (AvgIpc) is 3.88. The van der Waals surface area contributed by atoms with Crippen LogP contribution in [0.1, 0.15) is 38.3 Å². The van der Waals surface area contributed by atoms with E-state index < -0.39 is 17.2 Å². The van der Waals surface area contributed by atoms with E-state index in [1.54, 1.807) is 47.4 Å². The van der Waals surface area contributed by atoms with E-state index in [4.69, 9.17) is 14.2 Å². The van der Waals surface area contributed by atoms with E-state index >= 15 is 0 Å². The molecule has 3 heterocycles. The molecule has 0 saturated carbocycles. The lowest BCUT2D eigenvalue weighted by Gasteiger charge is -2.37. The zero-order valence-corrected chi connectivity index (χ0v) is 32.4. The Kier molecular flexibility index (Phi) is 12.8. The number of methoxy groups -OCH3 is 2. The minimum absolute atomic E-state index is 0.00295. The second kappa shape index (κ2) is 17.9. The minimum Gasteiger partial charge on any atom is -0.493 e. The third-order valence-electron chi connectivity index (χ3n) is 9.72. The van der Waals surface area contributed by atoms with Gasteiger partial charge in [-0.2, -0.15) is 5.10 Å². The summed E-state index contributed by atoms with van der Waals surface area (Å²) in [4.78, 5) is 31.3. The van der Waals surface area contributed by atoms with E-state index in [1.807, 2.05) is 25.1 Å². The van der Waals surface area contributed by atoms with Gasteiger partial charge in [-0.1, -0.05) is 22.0 Å². The number of esters is 2. The van der Waals surface area contributed by atoms with Crippen molar-refractivity contribution in [3.63, 3.8) is 0 Å². The van der Waals surface area contributed by atoms with Crippen LogP contribution in [-0.2, 0) is 26.4 Å². The van der Waals surface area contributed by atoms with Crippen molar-refractivity contribution < 1.29 is 37.3 Å². The van der Waals surface area contributed by atoms with Gasteiger partial charge in [-0.3, -0.25) is 0 Å². The second-order valence-electron chi connectivity index (χ2n) is 13.4. The van der Waals surface area contributed by atoms with Crippen LogP contribution in [0, 0.1) is 24.5 Å². The third kappa shape index (κ3) is 9.67. The molecule has 11 nitrogen and oxygen atoms in total. The summed E-state index contributed by atoms with van der Waals surface area (Å²) in [6.07, 6.45) is 3.47. The number of rotatable bonds is 10. The van der Waals surface area contributed by atoms with Crippen LogP contribution in [0.25, 0.3) is 0 Å². The summed E-state index contributed by atoms with van der Waals surface area (Å²) in [5.41, 5.74) is 3.65. The van der Waals surface area contributed by atoms with E-state index in [1.165, 1.54) is 32.7 Å². The van der Waals surface area contributed by atoms with Gasteiger partial charge in [0.2, 0.25) is 0 Å². The summed E-state index contributed by atoms with van der Waals surface area (Å²) >= 11 is 3.26. The maximum absolute atomic E-state index is 14.9. The summed E-state index contributed by atoms with van der Waals surface area (Å²) in [7, 11) is 2.75. The van der Waals surface area contributed by atoms with Gasteiger partial charge in [0.25, 0.3) is 0 Å². The molecule has 14 heteroatoms. The quantitative estimate of drug-likeness (QED) is 0.134. The zero-order valence-electron chi connectivity index (χ0n) is 30.8. The first-order valence-corrected chi connectivity index (χ1v) is 18.5. The van der Waals surface area contributed by atoms with E-state index in [2.05, 4.69) is 52.7 Å². The van der Waals surface area contributed by atoms with Crippen molar-refractivity contribution >= 4 is 39.2 Å². The summed E-state index contributed by atoms with van der Waals surface area (Å²) in [6, 6.07) is 24.3. The fourth-order valence-electron chi connectivity index (χ4n) is 6.84. The van der Waals surface area contributed by atoms with Gasteiger partial charge in [-0.05, 0) is 91.7 Å². The number of halogens is 3. The molecule has 5 aromatic rings. The number of piperazine rings is 1. The predicted molar refractivity (Wildman–Crippen MR) is 206 cm³/mol. The number of hydrogen-bond donors (Lipinski definition) is 0. The Hall–Kier alpha value is -5.34. The number of aryl methyl sites for hydroxylation is 1. The summed E-state index contributed by atoms with van der Waals surface area (Å²) < 4.78 is 53.0. The monoisotopic (exact) mass is 817 g/mol. The largest absolute Gasteiger partial charge is 0.493 e. The molecule has 0 N–H and O–H groups in total. The number of nitrogens with zero attached hydrogens (tertiary/aromatic N) is 5. The highest BCUT2D eigenvalue weighted by Crippen LogP contribution is 2.42. The van der Waals surface area contributed by atoms with E-state index in [0.29, 0.717) is 36.3 Å². The van der Waals surface area contributed by atoms with Crippen molar-refractivity contribution in [1.82, 2.24) is 14.8 Å².